The molecule has 4 aromatic rings. The van der Waals surface area contributed by atoms with Gasteiger partial charge in [-0.3, -0.25) is 19.2 Å². The molecular weight excluding hydrogens is 570 g/mol. The minimum atomic E-state index is -1.29. The highest BCUT2D eigenvalue weighted by Gasteiger charge is 2.23. The van der Waals surface area contributed by atoms with Crippen molar-refractivity contribution in [2.24, 2.45) is 0 Å². The molecule has 208 valence electrons. The zero-order valence-electron chi connectivity index (χ0n) is 20.9. The van der Waals surface area contributed by atoms with Crippen LogP contribution in [0.4, 0.5) is 8.78 Å². The molecule has 0 aliphatic heterocycles. The van der Waals surface area contributed by atoms with Crippen LogP contribution in [-0.4, -0.2) is 57.9 Å². The molecule has 0 saturated heterocycles. The smallest absolute Gasteiger partial charge is 0.303 e. The van der Waals surface area contributed by atoms with Gasteiger partial charge in [0, 0.05) is 25.0 Å². The summed E-state index contributed by atoms with van der Waals surface area (Å²) >= 11 is 1.83. The Hall–Kier alpha value is -4.30. The number of carbonyl (C=O) groups excluding carboxylic acids is 2. The van der Waals surface area contributed by atoms with Gasteiger partial charge in [0.05, 0.1) is 58.6 Å². The SMILES string of the molecule is COc1cc2nc(C(=O)CCC(=O)O)sc2cc1/C(F)=C(/F)c1cc2sc(C(=O)CCC(=O)O)nc2cc1OC. The predicted molar refractivity (Wildman–Crippen MR) is 144 cm³/mol. The molecule has 0 amide bonds. The lowest BCUT2D eigenvalue weighted by Crippen LogP contribution is -2.03. The number of nitrogens with zero attached hydrogens (tertiary/aromatic N) is 2. The minimum absolute atomic E-state index is 0.0336. The zero-order chi connectivity index (χ0) is 29.1. The lowest BCUT2D eigenvalue weighted by Gasteiger charge is -2.10. The van der Waals surface area contributed by atoms with Crippen molar-refractivity contribution in [2.45, 2.75) is 25.7 Å². The number of methoxy groups -OCH3 is 2. The van der Waals surface area contributed by atoms with Gasteiger partial charge in [0.1, 0.15) is 11.5 Å². The Morgan fingerprint density at radius 2 is 1.07 bits per heavy atom. The monoisotopic (exact) mass is 590 g/mol. The molecule has 2 heterocycles. The number of benzene rings is 2. The number of aliphatic carboxylic acids is 2. The molecule has 0 unspecified atom stereocenters. The van der Waals surface area contributed by atoms with E-state index >= 15 is 8.78 Å². The van der Waals surface area contributed by atoms with Gasteiger partial charge in [0.15, 0.2) is 33.2 Å². The van der Waals surface area contributed by atoms with Gasteiger partial charge in [0.25, 0.3) is 0 Å². The third-order valence-corrected chi connectivity index (χ3v) is 7.81. The Morgan fingerprint density at radius 1 is 0.700 bits per heavy atom. The molecule has 4 rings (SSSR count). The summed E-state index contributed by atoms with van der Waals surface area (Å²) in [4.78, 5) is 54.5. The predicted octanol–water partition coefficient (Wildman–Crippen LogP) is 5.78. The van der Waals surface area contributed by atoms with Crippen molar-refractivity contribution < 1.29 is 47.6 Å². The number of fused-ring (bicyclic) bond motifs is 2. The molecule has 0 aliphatic carbocycles. The lowest BCUT2D eigenvalue weighted by atomic mass is 10.1. The molecule has 0 fully saturated rings. The maximum atomic E-state index is 15.7. The number of hydrogen-bond acceptors (Lipinski definition) is 10. The highest BCUT2D eigenvalue weighted by atomic mass is 32.1. The van der Waals surface area contributed by atoms with Crippen molar-refractivity contribution >= 4 is 78.3 Å². The van der Waals surface area contributed by atoms with E-state index in [-0.39, 0.29) is 58.3 Å². The first kappa shape index (κ1) is 28.7. The number of Topliss-reactive ketones (excluding diaryl/α,β-unsaturated/α-hetero) is 2. The third-order valence-electron chi connectivity index (χ3n) is 5.69. The minimum Gasteiger partial charge on any atom is -0.496 e. The van der Waals surface area contributed by atoms with Gasteiger partial charge in [-0.2, -0.15) is 0 Å². The Morgan fingerprint density at radius 3 is 1.40 bits per heavy atom. The number of hydrogen-bond donors (Lipinski definition) is 2. The van der Waals surface area contributed by atoms with Crippen LogP contribution >= 0.6 is 22.7 Å². The average Bonchev–Trinajstić information content (AvgIpc) is 3.55. The van der Waals surface area contributed by atoms with Crippen molar-refractivity contribution in [1.82, 2.24) is 9.97 Å². The summed E-state index contributed by atoms with van der Waals surface area (Å²) < 4.78 is 42.6. The van der Waals surface area contributed by atoms with Crippen LogP contribution in [0.1, 0.15) is 56.4 Å². The summed E-state index contributed by atoms with van der Waals surface area (Å²) in [6.45, 7) is 0. The van der Waals surface area contributed by atoms with Gasteiger partial charge in [-0.25, -0.2) is 18.7 Å². The van der Waals surface area contributed by atoms with Crippen LogP contribution in [0.3, 0.4) is 0 Å². The van der Waals surface area contributed by atoms with E-state index in [0.717, 1.165) is 22.7 Å². The highest BCUT2D eigenvalue weighted by molar-refractivity contribution is 7.20. The number of aromatic nitrogens is 2. The molecule has 0 aliphatic rings. The van der Waals surface area contributed by atoms with E-state index in [9.17, 15) is 19.2 Å². The van der Waals surface area contributed by atoms with Crippen LogP contribution in [0, 0.1) is 0 Å². The molecule has 0 spiro atoms. The first-order valence-electron chi connectivity index (χ1n) is 11.6. The number of carboxylic acids is 2. The molecule has 0 saturated carbocycles. The average molecular weight is 591 g/mol. The maximum absolute atomic E-state index is 15.7. The summed E-state index contributed by atoms with van der Waals surface area (Å²) in [6, 6.07) is 5.26. The van der Waals surface area contributed by atoms with E-state index in [2.05, 4.69) is 9.97 Å². The topological polar surface area (TPSA) is 153 Å². The maximum Gasteiger partial charge on any atom is 0.303 e. The number of ether oxygens (including phenoxy) is 2. The Kier molecular flexibility index (Phi) is 8.49. The molecule has 0 atom stereocenters. The second-order valence-corrected chi connectivity index (χ2v) is 10.4. The summed E-state index contributed by atoms with van der Waals surface area (Å²) in [5, 5.41) is 17.7. The van der Waals surface area contributed by atoms with Crippen molar-refractivity contribution in [3.8, 4) is 11.5 Å². The van der Waals surface area contributed by atoms with Gasteiger partial charge < -0.3 is 19.7 Å². The molecule has 40 heavy (non-hydrogen) atoms. The van der Waals surface area contributed by atoms with Crippen molar-refractivity contribution in [3.05, 3.63) is 45.4 Å². The van der Waals surface area contributed by atoms with E-state index in [1.807, 2.05) is 0 Å². The van der Waals surface area contributed by atoms with Gasteiger partial charge in [0.2, 0.25) is 0 Å². The van der Waals surface area contributed by atoms with E-state index in [1.54, 1.807) is 0 Å². The summed E-state index contributed by atoms with van der Waals surface area (Å²) in [5.74, 6) is -5.93. The van der Waals surface area contributed by atoms with Crippen LogP contribution < -0.4 is 9.47 Å². The number of ketones is 2. The Balaban J connectivity index is 1.75. The molecule has 10 nitrogen and oxygen atoms in total. The van der Waals surface area contributed by atoms with Gasteiger partial charge in [-0.1, -0.05) is 0 Å². The Labute approximate surface area is 232 Å². The third kappa shape index (κ3) is 5.97. The Bertz CT molecular complexity index is 1590. The summed E-state index contributed by atoms with van der Waals surface area (Å²) in [5.41, 5.74) is 0.0795. The van der Waals surface area contributed by atoms with Crippen LogP contribution in [0.2, 0.25) is 0 Å². The summed E-state index contributed by atoms with van der Waals surface area (Å²) in [7, 11) is 2.52. The van der Waals surface area contributed by atoms with E-state index in [1.165, 1.54) is 38.5 Å². The molecule has 2 aromatic heterocycles. The molecule has 2 aromatic carbocycles. The molecular formula is C26H20F2N2O8S2. The first-order valence-corrected chi connectivity index (χ1v) is 13.2. The van der Waals surface area contributed by atoms with Crippen LogP contribution in [0.15, 0.2) is 24.3 Å². The lowest BCUT2D eigenvalue weighted by molar-refractivity contribution is -0.137. The second kappa shape index (κ2) is 11.8. The summed E-state index contributed by atoms with van der Waals surface area (Å²) in [6.07, 6.45) is -1.24. The number of thiazole rings is 2. The van der Waals surface area contributed by atoms with Crippen LogP contribution in [-0.2, 0) is 9.59 Å². The molecule has 0 radical (unpaired) electrons. The van der Waals surface area contributed by atoms with Crippen molar-refractivity contribution in [3.63, 3.8) is 0 Å². The largest absolute Gasteiger partial charge is 0.496 e. The van der Waals surface area contributed by atoms with E-state index in [4.69, 9.17) is 19.7 Å². The normalized spacial score (nSPS) is 11.9. The second-order valence-electron chi connectivity index (χ2n) is 8.34. The molecule has 2 N–H and O–H groups in total. The quantitative estimate of drug-likeness (QED) is 0.153. The number of carboxylic acid groups (broad SMARTS) is 2. The fourth-order valence-electron chi connectivity index (χ4n) is 3.72. The van der Waals surface area contributed by atoms with Crippen molar-refractivity contribution in [2.75, 3.05) is 14.2 Å². The number of carbonyl (C=O) groups is 4. The first-order chi connectivity index (χ1) is 19.0. The fraction of sp³-hybridized carbons (Fsp3) is 0.231. The van der Waals surface area contributed by atoms with Crippen molar-refractivity contribution in [1.29, 1.82) is 0 Å². The number of halogens is 2. The van der Waals surface area contributed by atoms with Gasteiger partial charge in [-0.05, 0) is 12.1 Å². The standard InChI is InChI=1S/C26H20F2N2O8S2/c1-37-17-9-13-19(39-25(29-13)15(31)3-5-21(33)34)7-11(17)23(27)24(28)12-8-20-14(10-18(12)38-2)30-26(40-20)16(32)4-6-22(35)36/h7-10H,3-6H2,1-2H3,(H,33,34)(H,35,36)/b24-23-. The van der Waals surface area contributed by atoms with Gasteiger partial charge >= 0.3 is 11.9 Å². The molecule has 0 bridgehead atoms. The van der Waals surface area contributed by atoms with Gasteiger partial charge in [-0.15, -0.1) is 22.7 Å². The zero-order valence-corrected chi connectivity index (χ0v) is 22.6. The van der Waals surface area contributed by atoms with Crippen LogP contribution in [0.5, 0.6) is 11.5 Å². The van der Waals surface area contributed by atoms with E-state index < -0.39 is 35.2 Å². The fourth-order valence-corrected chi connectivity index (χ4v) is 5.63. The molecule has 14 heteroatoms. The number of rotatable bonds is 12. The van der Waals surface area contributed by atoms with E-state index in [0.29, 0.717) is 20.4 Å². The van der Waals surface area contributed by atoms with Crippen LogP contribution in [0.25, 0.3) is 32.1 Å². The highest BCUT2D eigenvalue weighted by Crippen LogP contribution is 2.42.